The van der Waals surface area contributed by atoms with Crippen LogP contribution in [-0.2, 0) is 10.2 Å². The molecule has 0 fully saturated rings. The summed E-state index contributed by atoms with van der Waals surface area (Å²) in [5, 5.41) is 0. The van der Waals surface area contributed by atoms with Gasteiger partial charge in [-0.05, 0) is 48.3 Å². The number of benzene rings is 1. The molecule has 0 saturated carbocycles. The fourth-order valence-corrected chi connectivity index (χ4v) is 2.69. The first-order valence-corrected chi connectivity index (χ1v) is 9.44. The summed E-state index contributed by atoms with van der Waals surface area (Å²) in [6.45, 7) is 13.4. The monoisotopic (exact) mass is 358 g/mol. The minimum atomic E-state index is -0.700. The quantitative estimate of drug-likeness (QED) is 0.295. The van der Waals surface area contributed by atoms with Crippen molar-refractivity contribution in [1.82, 2.24) is 0 Å². The van der Waals surface area contributed by atoms with Gasteiger partial charge in [0.25, 0.3) is 0 Å². The van der Waals surface area contributed by atoms with Crippen molar-refractivity contribution in [3.63, 3.8) is 0 Å². The first kappa shape index (κ1) is 22.0. The predicted molar refractivity (Wildman–Crippen MR) is 109 cm³/mol. The van der Waals surface area contributed by atoms with Crippen LogP contribution in [0, 0.1) is 11.8 Å². The Balaban J connectivity index is 2.84. The van der Waals surface area contributed by atoms with E-state index in [9.17, 15) is 4.79 Å². The van der Waals surface area contributed by atoms with Crippen molar-refractivity contribution in [3.8, 4) is 5.75 Å². The standard InChI is InChI=1S/C23H34O3/c1-8-17(3)16-19(9-2)11-10-18(4)23(5,6)20-12-14-21(15-13-20)26-22(24)25-7/h9-15,17-18H,8,16H2,1-7H3/b11-10-,19-9+. The minimum absolute atomic E-state index is 0.0322. The molecular weight excluding hydrogens is 324 g/mol. The van der Waals surface area contributed by atoms with Gasteiger partial charge in [-0.25, -0.2) is 4.79 Å². The summed E-state index contributed by atoms with van der Waals surface area (Å²) in [6.07, 6.45) is 8.40. The van der Waals surface area contributed by atoms with Gasteiger partial charge in [-0.15, -0.1) is 0 Å². The molecule has 0 amide bonds. The molecule has 0 spiro atoms. The number of carbonyl (C=O) groups is 1. The lowest BCUT2D eigenvalue weighted by Crippen LogP contribution is -2.25. The van der Waals surface area contributed by atoms with Gasteiger partial charge in [-0.1, -0.05) is 77.0 Å². The van der Waals surface area contributed by atoms with Crippen molar-refractivity contribution in [2.24, 2.45) is 11.8 Å². The number of rotatable bonds is 8. The van der Waals surface area contributed by atoms with Gasteiger partial charge in [0.05, 0.1) is 7.11 Å². The Kier molecular flexibility index (Phi) is 8.64. The lowest BCUT2D eigenvalue weighted by atomic mass is 9.74. The topological polar surface area (TPSA) is 35.5 Å². The van der Waals surface area contributed by atoms with Crippen molar-refractivity contribution in [1.29, 1.82) is 0 Å². The molecule has 0 radical (unpaired) electrons. The van der Waals surface area contributed by atoms with E-state index in [1.165, 1.54) is 24.7 Å². The van der Waals surface area contributed by atoms with E-state index in [1.807, 2.05) is 24.3 Å². The summed E-state index contributed by atoms with van der Waals surface area (Å²) >= 11 is 0. The highest BCUT2D eigenvalue weighted by Gasteiger charge is 2.26. The van der Waals surface area contributed by atoms with Crippen molar-refractivity contribution in [2.45, 2.75) is 59.8 Å². The van der Waals surface area contributed by atoms with Crippen LogP contribution in [0.15, 0.2) is 48.1 Å². The second-order valence-electron chi connectivity index (χ2n) is 7.53. The average molecular weight is 359 g/mol. The molecule has 0 aliphatic rings. The van der Waals surface area contributed by atoms with Crippen LogP contribution < -0.4 is 4.74 Å². The van der Waals surface area contributed by atoms with Crippen molar-refractivity contribution in [3.05, 3.63) is 53.6 Å². The molecule has 0 aliphatic carbocycles. The molecule has 1 aromatic rings. The maximum atomic E-state index is 11.2. The molecule has 0 bridgehead atoms. The fourth-order valence-electron chi connectivity index (χ4n) is 2.69. The molecule has 0 saturated heterocycles. The number of hydrogen-bond acceptors (Lipinski definition) is 3. The third-order valence-electron chi connectivity index (χ3n) is 5.36. The Labute approximate surface area is 159 Å². The van der Waals surface area contributed by atoms with Gasteiger partial charge >= 0.3 is 6.16 Å². The Bertz CT molecular complexity index is 623. The normalized spacial score (nSPS) is 15.0. The zero-order valence-corrected chi connectivity index (χ0v) is 17.3. The third kappa shape index (κ3) is 6.36. The second kappa shape index (κ2) is 10.2. The number of allylic oxidation sites excluding steroid dienone is 4. The van der Waals surface area contributed by atoms with Crippen molar-refractivity contribution < 1.29 is 14.3 Å². The zero-order chi connectivity index (χ0) is 19.7. The molecule has 2 unspecified atom stereocenters. The van der Waals surface area contributed by atoms with E-state index in [4.69, 9.17) is 4.74 Å². The van der Waals surface area contributed by atoms with Gasteiger partial charge in [-0.3, -0.25) is 0 Å². The summed E-state index contributed by atoms with van der Waals surface area (Å²) in [4.78, 5) is 11.2. The molecule has 0 aliphatic heterocycles. The van der Waals surface area contributed by atoms with E-state index in [-0.39, 0.29) is 5.41 Å². The van der Waals surface area contributed by atoms with E-state index in [2.05, 4.69) is 64.5 Å². The molecule has 3 nitrogen and oxygen atoms in total. The SMILES string of the molecule is C/C=C(\C=C/C(C)C(C)(C)c1ccc(OC(=O)OC)cc1)CC(C)CC. The van der Waals surface area contributed by atoms with Gasteiger partial charge in [0, 0.05) is 0 Å². The lowest BCUT2D eigenvalue weighted by molar-refractivity contribution is 0.121. The summed E-state index contributed by atoms with van der Waals surface area (Å²) in [7, 11) is 1.30. The highest BCUT2D eigenvalue weighted by Crippen LogP contribution is 2.34. The third-order valence-corrected chi connectivity index (χ3v) is 5.36. The molecule has 1 rings (SSSR count). The summed E-state index contributed by atoms with van der Waals surface area (Å²) in [6, 6.07) is 7.65. The Morgan fingerprint density at radius 1 is 1.19 bits per heavy atom. The Morgan fingerprint density at radius 2 is 1.81 bits per heavy atom. The first-order chi connectivity index (χ1) is 12.2. The first-order valence-electron chi connectivity index (χ1n) is 9.44. The maximum absolute atomic E-state index is 11.2. The van der Waals surface area contributed by atoms with E-state index >= 15 is 0 Å². The van der Waals surface area contributed by atoms with Gasteiger partial charge in [0.15, 0.2) is 0 Å². The highest BCUT2D eigenvalue weighted by atomic mass is 16.7. The van der Waals surface area contributed by atoms with Crippen LogP contribution in [0.3, 0.4) is 0 Å². The van der Waals surface area contributed by atoms with Crippen LogP contribution in [0.2, 0.25) is 0 Å². The molecule has 0 heterocycles. The summed E-state index contributed by atoms with van der Waals surface area (Å²) < 4.78 is 9.56. The molecule has 0 aromatic heterocycles. The largest absolute Gasteiger partial charge is 0.513 e. The van der Waals surface area contributed by atoms with Crippen LogP contribution in [0.25, 0.3) is 0 Å². The molecule has 26 heavy (non-hydrogen) atoms. The van der Waals surface area contributed by atoms with Gasteiger partial charge in [-0.2, -0.15) is 0 Å². The van der Waals surface area contributed by atoms with E-state index in [1.54, 1.807) is 0 Å². The van der Waals surface area contributed by atoms with E-state index in [0.717, 1.165) is 6.42 Å². The van der Waals surface area contributed by atoms with Crippen molar-refractivity contribution >= 4 is 6.16 Å². The van der Waals surface area contributed by atoms with E-state index < -0.39 is 6.16 Å². The van der Waals surface area contributed by atoms with E-state index in [0.29, 0.717) is 17.6 Å². The van der Waals surface area contributed by atoms with Crippen LogP contribution in [0.1, 0.15) is 59.9 Å². The fraction of sp³-hybridized carbons (Fsp3) is 0.522. The molecule has 144 valence electrons. The lowest BCUT2D eigenvalue weighted by Gasteiger charge is -2.31. The number of methoxy groups -OCH3 is 1. The highest BCUT2D eigenvalue weighted by molar-refractivity contribution is 5.63. The van der Waals surface area contributed by atoms with Crippen molar-refractivity contribution in [2.75, 3.05) is 7.11 Å². The zero-order valence-electron chi connectivity index (χ0n) is 17.3. The molecule has 3 heteroatoms. The Morgan fingerprint density at radius 3 is 2.31 bits per heavy atom. The minimum Gasteiger partial charge on any atom is -0.437 e. The molecule has 2 atom stereocenters. The maximum Gasteiger partial charge on any atom is 0.513 e. The number of hydrogen-bond donors (Lipinski definition) is 0. The summed E-state index contributed by atoms with van der Waals surface area (Å²) in [5.74, 6) is 1.56. The van der Waals surface area contributed by atoms with Crippen LogP contribution >= 0.6 is 0 Å². The molecule has 0 N–H and O–H groups in total. The predicted octanol–water partition coefficient (Wildman–Crippen LogP) is 6.68. The molecule has 1 aromatic carbocycles. The smallest absolute Gasteiger partial charge is 0.437 e. The average Bonchev–Trinajstić information content (AvgIpc) is 2.64. The van der Waals surface area contributed by atoms with Gasteiger partial charge < -0.3 is 9.47 Å². The Hall–Kier alpha value is -2.03. The summed E-state index contributed by atoms with van der Waals surface area (Å²) in [5.41, 5.74) is 2.56. The van der Waals surface area contributed by atoms with Crippen LogP contribution in [0.4, 0.5) is 4.79 Å². The van der Waals surface area contributed by atoms with Crippen LogP contribution in [-0.4, -0.2) is 13.3 Å². The van der Waals surface area contributed by atoms with Gasteiger partial charge in [0.2, 0.25) is 0 Å². The number of carbonyl (C=O) groups excluding carboxylic acids is 1. The number of ether oxygens (including phenoxy) is 2. The molecular formula is C23H34O3. The second-order valence-corrected chi connectivity index (χ2v) is 7.53. The van der Waals surface area contributed by atoms with Gasteiger partial charge in [0.1, 0.15) is 5.75 Å². The van der Waals surface area contributed by atoms with Crippen LogP contribution in [0.5, 0.6) is 5.75 Å².